The third-order valence-corrected chi connectivity index (χ3v) is 5.24. The van der Waals surface area contributed by atoms with Gasteiger partial charge in [0.1, 0.15) is 4.32 Å². The van der Waals surface area contributed by atoms with Gasteiger partial charge in [-0.15, -0.1) is 0 Å². The smallest absolute Gasteiger partial charge is 0.274 e. The van der Waals surface area contributed by atoms with E-state index < -0.39 is 4.92 Å². The highest BCUT2D eigenvalue weighted by Crippen LogP contribution is 2.39. The molecule has 0 unspecified atom stereocenters. The van der Waals surface area contributed by atoms with Crippen molar-refractivity contribution in [1.82, 2.24) is 4.90 Å². The third kappa shape index (κ3) is 3.93. The number of thioether (sulfide) groups is 1. The minimum atomic E-state index is -0.597. The largest absolute Gasteiger partial charge is 0.504 e. The number of phenols is 1. The summed E-state index contributed by atoms with van der Waals surface area (Å²) in [5.41, 5.74) is 0.784. The van der Waals surface area contributed by atoms with E-state index in [1.807, 2.05) is 30.3 Å². The zero-order valence-electron chi connectivity index (χ0n) is 14.1. The number of benzene rings is 2. The Morgan fingerprint density at radius 3 is 2.67 bits per heavy atom. The molecule has 0 atom stereocenters. The number of carbonyl (C=O) groups excluding carboxylic acids is 1. The van der Waals surface area contributed by atoms with Crippen LogP contribution in [0.4, 0.5) is 5.69 Å². The van der Waals surface area contributed by atoms with Crippen molar-refractivity contribution in [2.45, 2.75) is 6.54 Å². The Morgan fingerprint density at radius 1 is 1.33 bits per heavy atom. The molecular formula is C18H14N2O5S2. The van der Waals surface area contributed by atoms with Gasteiger partial charge in [0.05, 0.1) is 29.5 Å². The van der Waals surface area contributed by atoms with Crippen LogP contribution in [0.5, 0.6) is 11.5 Å². The number of thiocarbonyl (C=S) groups is 1. The number of rotatable bonds is 5. The first-order valence-corrected chi connectivity index (χ1v) is 8.98. The highest BCUT2D eigenvalue weighted by molar-refractivity contribution is 8.26. The molecule has 1 fully saturated rings. The number of ether oxygens (including phenoxy) is 1. The van der Waals surface area contributed by atoms with E-state index in [1.165, 1.54) is 24.2 Å². The van der Waals surface area contributed by atoms with E-state index in [1.54, 1.807) is 0 Å². The van der Waals surface area contributed by atoms with Crippen molar-refractivity contribution < 1.29 is 19.6 Å². The summed E-state index contributed by atoms with van der Waals surface area (Å²) in [6, 6.07) is 11.7. The number of amides is 1. The Bertz CT molecular complexity index is 960. The fourth-order valence-corrected chi connectivity index (χ4v) is 3.77. The van der Waals surface area contributed by atoms with Gasteiger partial charge in [-0.25, -0.2) is 0 Å². The van der Waals surface area contributed by atoms with Crippen LogP contribution in [0.3, 0.4) is 0 Å². The number of nitro groups is 1. The summed E-state index contributed by atoms with van der Waals surface area (Å²) in [4.78, 5) is 24.9. The third-order valence-electron chi connectivity index (χ3n) is 3.86. The van der Waals surface area contributed by atoms with Crippen molar-refractivity contribution >= 4 is 46.0 Å². The van der Waals surface area contributed by atoms with Crippen molar-refractivity contribution in [2.75, 3.05) is 7.11 Å². The molecule has 0 radical (unpaired) electrons. The molecule has 1 N–H and O–H groups in total. The molecule has 1 aliphatic rings. The van der Waals surface area contributed by atoms with Gasteiger partial charge in [-0.05, 0) is 11.6 Å². The molecule has 0 aromatic heterocycles. The topological polar surface area (TPSA) is 92.9 Å². The van der Waals surface area contributed by atoms with Gasteiger partial charge in [0, 0.05) is 11.6 Å². The second-order valence-corrected chi connectivity index (χ2v) is 7.27. The molecule has 0 saturated carbocycles. The first-order chi connectivity index (χ1) is 12.9. The predicted molar refractivity (Wildman–Crippen MR) is 106 cm³/mol. The van der Waals surface area contributed by atoms with Crippen LogP contribution in [0.25, 0.3) is 6.08 Å². The van der Waals surface area contributed by atoms with Crippen molar-refractivity contribution in [3.05, 3.63) is 68.6 Å². The summed E-state index contributed by atoms with van der Waals surface area (Å²) in [5, 5.41) is 21.3. The lowest BCUT2D eigenvalue weighted by atomic mass is 10.1. The van der Waals surface area contributed by atoms with Crippen molar-refractivity contribution in [2.24, 2.45) is 0 Å². The van der Waals surface area contributed by atoms with Gasteiger partial charge >= 0.3 is 0 Å². The summed E-state index contributed by atoms with van der Waals surface area (Å²) in [7, 11) is 1.29. The number of non-ortho nitro benzene ring substituents is 1. The van der Waals surface area contributed by atoms with E-state index in [9.17, 15) is 20.0 Å². The summed E-state index contributed by atoms with van der Waals surface area (Å²) in [5.74, 6) is -0.648. The summed E-state index contributed by atoms with van der Waals surface area (Å²) in [6.45, 7) is 0.326. The van der Waals surface area contributed by atoms with E-state index in [2.05, 4.69) is 0 Å². The highest BCUT2D eigenvalue weighted by Gasteiger charge is 2.32. The maximum Gasteiger partial charge on any atom is 0.274 e. The molecule has 3 rings (SSSR count). The lowest BCUT2D eigenvalue weighted by Crippen LogP contribution is -2.27. The van der Waals surface area contributed by atoms with Crippen LogP contribution < -0.4 is 4.74 Å². The van der Waals surface area contributed by atoms with E-state index in [4.69, 9.17) is 17.0 Å². The Morgan fingerprint density at radius 2 is 2.04 bits per heavy atom. The molecule has 2 aromatic carbocycles. The molecule has 27 heavy (non-hydrogen) atoms. The zero-order valence-corrected chi connectivity index (χ0v) is 15.8. The zero-order chi connectivity index (χ0) is 19.6. The molecule has 0 spiro atoms. The summed E-state index contributed by atoms with van der Waals surface area (Å²) < 4.78 is 5.36. The van der Waals surface area contributed by atoms with Crippen LogP contribution in [0.1, 0.15) is 11.1 Å². The fraction of sp³-hybridized carbons (Fsp3) is 0.111. The second-order valence-electron chi connectivity index (χ2n) is 5.60. The van der Waals surface area contributed by atoms with Crippen molar-refractivity contribution in [3.63, 3.8) is 0 Å². The second kappa shape index (κ2) is 7.77. The molecule has 0 aliphatic carbocycles. The number of aromatic hydroxyl groups is 1. The molecule has 138 valence electrons. The minimum absolute atomic E-state index is 0.0461. The number of nitro benzene ring substituents is 1. The quantitative estimate of drug-likeness (QED) is 0.353. The van der Waals surface area contributed by atoms with Crippen LogP contribution in [0, 0.1) is 10.1 Å². The monoisotopic (exact) mass is 402 g/mol. The SMILES string of the molecule is COc1cc([N+](=O)[O-])cc(/C=C2\SC(=S)N(Cc3ccccc3)C2=O)c1O. The van der Waals surface area contributed by atoms with Crippen molar-refractivity contribution in [1.29, 1.82) is 0 Å². The number of hydrogen-bond acceptors (Lipinski definition) is 7. The minimum Gasteiger partial charge on any atom is -0.504 e. The normalized spacial score (nSPS) is 15.4. The van der Waals surface area contributed by atoms with Gasteiger partial charge in [-0.2, -0.15) is 0 Å². The summed E-state index contributed by atoms with van der Waals surface area (Å²) in [6.07, 6.45) is 1.38. The maximum absolute atomic E-state index is 12.7. The molecule has 1 aliphatic heterocycles. The molecule has 1 heterocycles. The van der Waals surface area contributed by atoms with Crippen LogP contribution >= 0.6 is 24.0 Å². The Hall–Kier alpha value is -2.91. The van der Waals surface area contributed by atoms with Gasteiger partial charge < -0.3 is 9.84 Å². The standard InChI is InChI=1S/C18H14N2O5S2/c1-25-14-9-13(20(23)24)7-12(16(14)21)8-15-17(22)19(18(26)27-15)10-11-5-3-2-4-6-11/h2-9,21H,10H2,1H3/b15-8-. The van der Waals surface area contributed by atoms with Crippen LogP contribution in [0.2, 0.25) is 0 Å². The summed E-state index contributed by atoms with van der Waals surface area (Å²) >= 11 is 6.37. The Kier molecular flexibility index (Phi) is 5.43. The lowest BCUT2D eigenvalue weighted by Gasteiger charge is -2.14. The predicted octanol–water partition coefficient (Wildman–Crippen LogP) is 3.71. The van der Waals surface area contributed by atoms with Gasteiger partial charge in [-0.3, -0.25) is 19.8 Å². The molecule has 1 amide bonds. The van der Waals surface area contributed by atoms with Crippen molar-refractivity contribution in [3.8, 4) is 11.5 Å². The first-order valence-electron chi connectivity index (χ1n) is 7.75. The van der Waals surface area contributed by atoms with Crippen LogP contribution in [-0.4, -0.2) is 32.3 Å². The molecule has 7 nitrogen and oxygen atoms in total. The molecular weight excluding hydrogens is 388 g/mol. The van der Waals surface area contributed by atoms with E-state index in [0.29, 0.717) is 10.9 Å². The highest BCUT2D eigenvalue weighted by atomic mass is 32.2. The number of methoxy groups -OCH3 is 1. The number of carbonyl (C=O) groups is 1. The van der Waals surface area contributed by atoms with E-state index >= 15 is 0 Å². The maximum atomic E-state index is 12.7. The lowest BCUT2D eigenvalue weighted by molar-refractivity contribution is -0.385. The average Bonchev–Trinajstić information content (AvgIpc) is 2.91. The number of hydrogen-bond donors (Lipinski definition) is 1. The van der Waals surface area contributed by atoms with E-state index in [-0.39, 0.29) is 33.6 Å². The van der Waals surface area contributed by atoms with E-state index in [0.717, 1.165) is 23.4 Å². The Balaban J connectivity index is 1.94. The van der Waals surface area contributed by atoms with Crippen LogP contribution in [-0.2, 0) is 11.3 Å². The van der Waals surface area contributed by atoms with Gasteiger partial charge in [0.15, 0.2) is 11.5 Å². The fourth-order valence-electron chi connectivity index (χ4n) is 2.53. The van der Waals surface area contributed by atoms with Gasteiger partial charge in [0.2, 0.25) is 0 Å². The Labute approximate surface area is 164 Å². The molecule has 0 bridgehead atoms. The molecule has 9 heteroatoms. The van der Waals surface area contributed by atoms with Gasteiger partial charge in [0.25, 0.3) is 11.6 Å². The first kappa shape index (κ1) is 18.9. The molecule has 1 saturated heterocycles. The molecule has 2 aromatic rings. The number of phenolic OH excluding ortho intramolecular Hbond substituents is 1. The number of nitrogens with zero attached hydrogens (tertiary/aromatic N) is 2. The average molecular weight is 402 g/mol. The van der Waals surface area contributed by atoms with Crippen LogP contribution in [0.15, 0.2) is 47.4 Å². The van der Waals surface area contributed by atoms with Gasteiger partial charge in [-0.1, -0.05) is 54.3 Å².